The fraction of sp³-hybridized carbons (Fsp3) is 0.500. The van der Waals surface area contributed by atoms with Crippen LogP contribution in [0.4, 0.5) is 0 Å². The number of carbonyl (C=O) groups excluding carboxylic acids is 1. The van der Waals surface area contributed by atoms with Crippen molar-refractivity contribution in [3.63, 3.8) is 0 Å². The van der Waals surface area contributed by atoms with Crippen LogP contribution in [0.2, 0.25) is 0 Å². The average Bonchev–Trinajstić information content (AvgIpc) is 2.64. The van der Waals surface area contributed by atoms with E-state index >= 15 is 0 Å². The number of carbonyl (C=O) groups is 1. The van der Waals surface area contributed by atoms with Crippen molar-refractivity contribution in [2.45, 2.75) is 38.8 Å². The molecule has 1 amide bonds. The SMILES string of the molecule is COc1ccc2cc(C3CN(CCC(=O)NC(C)(C)C)CCO3)ccc2c1. The van der Waals surface area contributed by atoms with Gasteiger partial charge in [0.15, 0.2) is 0 Å². The van der Waals surface area contributed by atoms with Crippen LogP contribution in [0.5, 0.6) is 5.75 Å². The summed E-state index contributed by atoms with van der Waals surface area (Å²) in [6, 6.07) is 12.5. The number of morpholine rings is 1. The lowest BCUT2D eigenvalue weighted by molar-refractivity contribution is -0.123. The molecule has 1 saturated heterocycles. The molecule has 5 heteroatoms. The molecule has 0 radical (unpaired) electrons. The lowest BCUT2D eigenvalue weighted by Crippen LogP contribution is -2.44. The van der Waals surface area contributed by atoms with Crippen molar-refractivity contribution in [2.24, 2.45) is 0 Å². The molecular formula is C22H30N2O3. The van der Waals surface area contributed by atoms with Crippen molar-refractivity contribution < 1.29 is 14.3 Å². The number of hydrogen-bond donors (Lipinski definition) is 1. The van der Waals surface area contributed by atoms with E-state index in [1.54, 1.807) is 7.11 Å². The van der Waals surface area contributed by atoms with Crippen LogP contribution >= 0.6 is 0 Å². The molecule has 0 aliphatic carbocycles. The number of methoxy groups -OCH3 is 1. The Hall–Kier alpha value is -2.11. The minimum absolute atomic E-state index is 0.0379. The largest absolute Gasteiger partial charge is 0.497 e. The molecule has 1 heterocycles. The molecule has 1 fully saturated rings. The van der Waals surface area contributed by atoms with Crippen molar-refractivity contribution >= 4 is 16.7 Å². The minimum Gasteiger partial charge on any atom is -0.497 e. The van der Waals surface area contributed by atoms with Crippen LogP contribution in [0.3, 0.4) is 0 Å². The number of hydrogen-bond acceptors (Lipinski definition) is 4. The Morgan fingerprint density at radius 3 is 2.70 bits per heavy atom. The molecule has 1 aliphatic heterocycles. The Labute approximate surface area is 161 Å². The quantitative estimate of drug-likeness (QED) is 0.875. The summed E-state index contributed by atoms with van der Waals surface area (Å²) in [6.07, 6.45) is 0.553. The standard InChI is InChI=1S/C22H30N2O3/c1-22(2,3)23-21(25)9-10-24-11-12-27-20(15-24)18-6-5-17-14-19(26-4)8-7-16(17)13-18/h5-8,13-14,20H,9-12,15H2,1-4H3,(H,23,25). The molecular weight excluding hydrogens is 340 g/mol. The van der Waals surface area contributed by atoms with Crippen molar-refractivity contribution in [2.75, 3.05) is 33.4 Å². The molecule has 5 nitrogen and oxygen atoms in total. The van der Waals surface area contributed by atoms with E-state index in [2.05, 4.69) is 34.5 Å². The van der Waals surface area contributed by atoms with E-state index in [0.717, 1.165) is 30.8 Å². The van der Waals surface area contributed by atoms with E-state index in [4.69, 9.17) is 9.47 Å². The van der Waals surface area contributed by atoms with Gasteiger partial charge in [0.1, 0.15) is 5.75 Å². The summed E-state index contributed by atoms with van der Waals surface area (Å²) in [7, 11) is 1.68. The van der Waals surface area contributed by atoms with E-state index in [0.29, 0.717) is 13.0 Å². The van der Waals surface area contributed by atoms with Gasteiger partial charge < -0.3 is 14.8 Å². The van der Waals surface area contributed by atoms with Gasteiger partial charge in [-0.15, -0.1) is 0 Å². The van der Waals surface area contributed by atoms with Gasteiger partial charge in [-0.05, 0) is 55.3 Å². The molecule has 0 saturated carbocycles. The molecule has 146 valence electrons. The first-order chi connectivity index (χ1) is 12.8. The smallest absolute Gasteiger partial charge is 0.221 e. The Bertz CT molecular complexity index is 798. The van der Waals surface area contributed by atoms with Gasteiger partial charge in [-0.3, -0.25) is 9.69 Å². The highest BCUT2D eigenvalue weighted by molar-refractivity contribution is 5.84. The number of nitrogens with one attached hydrogen (secondary N) is 1. The van der Waals surface area contributed by atoms with Gasteiger partial charge in [0.25, 0.3) is 0 Å². The lowest BCUT2D eigenvalue weighted by atomic mass is 10.0. The molecule has 2 aromatic rings. The van der Waals surface area contributed by atoms with E-state index in [1.807, 2.05) is 32.9 Å². The molecule has 0 aromatic heterocycles. The van der Waals surface area contributed by atoms with Gasteiger partial charge in [0.2, 0.25) is 5.91 Å². The highest BCUT2D eigenvalue weighted by Gasteiger charge is 2.23. The lowest BCUT2D eigenvalue weighted by Gasteiger charge is -2.33. The second-order valence-electron chi connectivity index (χ2n) is 8.18. The normalized spacial score (nSPS) is 18.4. The Kier molecular flexibility index (Phi) is 6.02. The van der Waals surface area contributed by atoms with Gasteiger partial charge in [-0.2, -0.15) is 0 Å². The second-order valence-corrected chi connectivity index (χ2v) is 8.18. The van der Waals surface area contributed by atoms with E-state index in [1.165, 1.54) is 10.9 Å². The third-order valence-corrected chi connectivity index (χ3v) is 4.76. The van der Waals surface area contributed by atoms with Gasteiger partial charge in [0, 0.05) is 31.6 Å². The topological polar surface area (TPSA) is 50.8 Å². The Balaban J connectivity index is 1.62. The van der Waals surface area contributed by atoms with Crippen molar-refractivity contribution in [3.8, 4) is 5.75 Å². The first kappa shape index (κ1) is 19.6. The molecule has 1 unspecified atom stereocenters. The molecule has 0 bridgehead atoms. The van der Waals surface area contributed by atoms with Crippen molar-refractivity contribution in [1.29, 1.82) is 0 Å². The van der Waals surface area contributed by atoms with Crippen LogP contribution in [0.15, 0.2) is 36.4 Å². The number of benzene rings is 2. The van der Waals surface area contributed by atoms with Crippen LogP contribution in [0, 0.1) is 0 Å². The van der Waals surface area contributed by atoms with Crippen molar-refractivity contribution in [1.82, 2.24) is 10.2 Å². The summed E-state index contributed by atoms with van der Waals surface area (Å²) < 4.78 is 11.3. The number of amides is 1. The van der Waals surface area contributed by atoms with Crippen LogP contribution in [0.25, 0.3) is 10.8 Å². The number of fused-ring (bicyclic) bond motifs is 1. The zero-order chi connectivity index (χ0) is 19.4. The molecule has 1 aliphatic rings. The summed E-state index contributed by atoms with van der Waals surface area (Å²) in [4.78, 5) is 14.4. The fourth-order valence-corrected chi connectivity index (χ4v) is 3.42. The zero-order valence-electron chi connectivity index (χ0n) is 16.7. The predicted molar refractivity (Wildman–Crippen MR) is 108 cm³/mol. The van der Waals surface area contributed by atoms with Gasteiger partial charge in [0.05, 0.1) is 19.8 Å². The van der Waals surface area contributed by atoms with Gasteiger partial charge in [-0.1, -0.05) is 18.2 Å². The summed E-state index contributed by atoms with van der Waals surface area (Å²) in [5, 5.41) is 5.36. The molecule has 3 rings (SSSR count). The fourth-order valence-electron chi connectivity index (χ4n) is 3.42. The third kappa shape index (κ3) is 5.44. The monoisotopic (exact) mass is 370 g/mol. The van der Waals surface area contributed by atoms with Crippen LogP contribution < -0.4 is 10.1 Å². The maximum Gasteiger partial charge on any atom is 0.221 e. The van der Waals surface area contributed by atoms with Crippen LogP contribution in [0.1, 0.15) is 38.9 Å². The summed E-state index contributed by atoms with van der Waals surface area (Å²) in [6.45, 7) is 9.13. The first-order valence-electron chi connectivity index (χ1n) is 9.57. The van der Waals surface area contributed by atoms with Crippen LogP contribution in [-0.2, 0) is 9.53 Å². The zero-order valence-corrected chi connectivity index (χ0v) is 16.7. The molecule has 1 atom stereocenters. The number of ether oxygens (including phenoxy) is 2. The molecule has 1 N–H and O–H groups in total. The Morgan fingerprint density at radius 1 is 1.22 bits per heavy atom. The van der Waals surface area contributed by atoms with E-state index < -0.39 is 0 Å². The number of nitrogens with zero attached hydrogens (tertiary/aromatic N) is 1. The maximum absolute atomic E-state index is 12.1. The predicted octanol–water partition coefficient (Wildman–Crippen LogP) is 3.53. The highest BCUT2D eigenvalue weighted by Crippen LogP contribution is 2.27. The summed E-state index contributed by atoms with van der Waals surface area (Å²) >= 11 is 0. The van der Waals surface area contributed by atoms with E-state index in [9.17, 15) is 4.79 Å². The average molecular weight is 370 g/mol. The molecule has 0 spiro atoms. The van der Waals surface area contributed by atoms with Crippen molar-refractivity contribution in [3.05, 3.63) is 42.0 Å². The maximum atomic E-state index is 12.1. The number of rotatable bonds is 5. The van der Waals surface area contributed by atoms with Crippen LogP contribution in [-0.4, -0.2) is 49.7 Å². The summed E-state index contributed by atoms with van der Waals surface area (Å²) in [5.74, 6) is 0.967. The van der Waals surface area contributed by atoms with Gasteiger partial charge >= 0.3 is 0 Å². The van der Waals surface area contributed by atoms with Gasteiger partial charge in [-0.25, -0.2) is 0 Å². The highest BCUT2D eigenvalue weighted by atomic mass is 16.5. The Morgan fingerprint density at radius 2 is 1.96 bits per heavy atom. The minimum atomic E-state index is -0.182. The summed E-state index contributed by atoms with van der Waals surface area (Å²) in [5.41, 5.74) is 0.995. The van der Waals surface area contributed by atoms with E-state index in [-0.39, 0.29) is 17.6 Å². The molecule has 2 aromatic carbocycles. The first-order valence-corrected chi connectivity index (χ1v) is 9.57. The second kappa shape index (κ2) is 8.28. The third-order valence-electron chi connectivity index (χ3n) is 4.76. The molecule has 27 heavy (non-hydrogen) atoms.